The molecule has 1 saturated heterocycles. The second kappa shape index (κ2) is 11.1. The van der Waals surface area contributed by atoms with E-state index in [9.17, 15) is 17.6 Å². The van der Waals surface area contributed by atoms with Crippen molar-refractivity contribution in [3.05, 3.63) is 59.4 Å². The fourth-order valence-electron chi connectivity index (χ4n) is 4.49. The number of likely N-dealkylation sites (tertiary alicyclic amines) is 1. The number of carbonyl (C=O) groups excluding carboxylic acids is 1. The minimum atomic E-state index is -4.03. The van der Waals surface area contributed by atoms with E-state index >= 15 is 0 Å². The van der Waals surface area contributed by atoms with E-state index in [1.54, 1.807) is 19.1 Å². The van der Waals surface area contributed by atoms with E-state index in [4.69, 9.17) is 0 Å². The van der Waals surface area contributed by atoms with Crippen LogP contribution < -0.4 is 10.0 Å². The molecule has 6 nitrogen and oxygen atoms in total. The number of piperidine rings is 1. The third-order valence-corrected chi connectivity index (χ3v) is 7.38. The average Bonchev–Trinajstić information content (AvgIpc) is 2.74. The molecule has 0 aromatic heterocycles. The van der Waals surface area contributed by atoms with Crippen LogP contribution in [0.2, 0.25) is 0 Å². The van der Waals surface area contributed by atoms with E-state index < -0.39 is 15.8 Å². The number of anilines is 1. The number of halogens is 1. The number of nitrogens with one attached hydrogen (secondary N) is 2. The Hall–Kier alpha value is -2.45. The van der Waals surface area contributed by atoms with Crippen LogP contribution >= 0.6 is 0 Å². The third kappa shape index (κ3) is 7.01. The van der Waals surface area contributed by atoms with Crippen LogP contribution in [0.3, 0.4) is 0 Å². The molecule has 0 bridgehead atoms. The Balaban J connectivity index is 1.55. The van der Waals surface area contributed by atoms with E-state index in [0.29, 0.717) is 17.7 Å². The van der Waals surface area contributed by atoms with Gasteiger partial charge in [0.15, 0.2) is 0 Å². The highest BCUT2D eigenvalue weighted by Gasteiger charge is 2.21. The van der Waals surface area contributed by atoms with Gasteiger partial charge in [-0.05, 0) is 74.4 Å². The minimum absolute atomic E-state index is 0.0881. The standard InChI is InChI=1S/C25H34FN3O3S/c1-18-14-19(2)17-29(16-18)13-7-6-12-27-25(30)22-15-21(11-10-20(22)3)33(31,32)28-24-9-5-4-8-23(24)26/h4-5,8-11,15,18-19,28H,6-7,12-14,16-17H2,1-3H3,(H,27,30). The van der Waals surface area contributed by atoms with E-state index in [-0.39, 0.29) is 16.5 Å². The van der Waals surface area contributed by atoms with E-state index in [1.807, 2.05) is 0 Å². The minimum Gasteiger partial charge on any atom is -0.352 e. The molecule has 2 unspecified atom stereocenters. The molecule has 1 amide bonds. The van der Waals surface area contributed by atoms with Gasteiger partial charge in [0, 0.05) is 25.2 Å². The first-order valence-electron chi connectivity index (χ1n) is 11.5. The summed E-state index contributed by atoms with van der Waals surface area (Å²) < 4.78 is 41.6. The largest absolute Gasteiger partial charge is 0.352 e. The fraction of sp³-hybridized carbons (Fsp3) is 0.480. The monoisotopic (exact) mass is 475 g/mol. The lowest BCUT2D eigenvalue weighted by atomic mass is 9.92. The summed E-state index contributed by atoms with van der Waals surface area (Å²) in [6.45, 7) is 10.2. The number of benzene rings is 2. The van der Waals surface area contributed by atoms with Crippen LogP contribution in [0, 0.1) is 24.6 Å². The van der Waals surface area contributed by atoms with Gasteiger partial charge in [-0.2, -0.15) is 0 Å². The Morgan fingerprint density at radius 1 is 1.09 bits per heavy atom. The molecular formula is C25H34FN3O3S. The normalized spacial score (nSPS) is 19.3. The molecular weight excluding hydrogens is 441 g/mol. The quantitative estimate of drug-likeness (QED) is 0.526. The zero-order chi connectivity index (χ0) is 24.0. The summed E-state index contributed by atoms with van der Waals surface area (Å²) in [4.78, 5) is 15.1. The van der Waals surface area contributed by atoms with Crippen LogP contribution in [0.25, 0.3) is 0 Å². The molecule has 0 radical (unpaired) electrons. The molecule has 0 aliphatic carbocycles. The SMILES string of the molecule is Cc1ccc(S(=O)(=O)Nc2ccccc2F)cc1C(=O)NCCCCN1CC(C)CC(C)C1. The summed E-state index contributed by atoms with van der Waals surface area (Å²) in [5.74, 6) is 0.482. The Kier molecular flexibility index (Phi) is 8.48. The number of amides is 1. The van der Waals surface area contributed by atoms with Gasteiger partial charge < -0.3 is 10.2 Å². The summed E-state index contributed by atoms with van der Waals surface area (Å²) in [5, 5.41) is 2.90. The van der Waals surface area contributed by atoms with Crippen LogP contribution in [-0.2, 0) is 10.0 Å². The van der Waals surface area contributed by atoms with Crippen molar-refractivity contribution < 1.29 is 17.6 Å². The number of hydrogen-bond acceptors (Lipinski definition) is 4. The number of rotatable bonds is 9. The topological polar surface area (TPSA) is 78.5 Å². The summed E-state index contributed by atoms with van der Waals surface area (Å²) in [7, 11) is -4.03. The highest BCUT2D eigenvalue weighted by Crippen LogP contribution is 2.22. The summed E-state index contributed by atoms with van der Waals surface area (Å²) >= 11 is 0. The lowest BCUT2D eigenvalue weighted by Crippen LogP contribution is -2.39. The molecule has 3 rings (SSSR count). The zero-order valence-corrected chi connectivity index (χ0v) is 20.4. The molecule has 0 spiro atoms. The first-order chi connectivity index (χ1) is 15.7. The molecule has 1 aliphatic heterocycles. The number of carbonyl (C=O) groups is 1. The zero-order valence-electron chi connectivity index (χ0n) is 19.6. The van der Waals surface area contributed by atoms with E-state index in [1.165, 1.54) is 36.8 Å². The van der Waals surface area contributed by atoms with Gasteiger partial charge in [-0.25, -0.2) is 12.8 Å². The Morgan fingerprint density at radius 2 is 1.79 bits per heavy atom. The first-order valence-corrected chi connectivity index (χ1v) is 13.0. The predicted molar refractivity (Wildman–Crippen MR) is 129 cm³/mol. The molecule has 1 aliphatic rings. The number of nitrogens with zero attached hydrogens (tertiary/aromatic N) is 1. The lowest BCUT2D eigenvalue weighted by Gasteiger charge is -2.34. The number of para-hydroxylation sites is 1. The highest BCUT2D eigenvalue weighted by molar-refractivity contribution is 7.92. The van der Waals surface area contributed by atoms with Gasteiger partial charge in [0.1, 0.15) is 5.82 Å². The maximum Gasteiger partial charge on any atom is 0.262 e. The fourth-order valence-corrected chi connectivity index (χ4v) is 5.59. The van der Waals surface area contributed by atoms with Gasteiger partial charge in [-0.15, -0.1) is 0 Å². The van der Waals surface area contributed by atoms with Crippen LogP contribution in [0.5, 0.6) is 0 Å². The molecule has 33 heavy (non-hydrogen) atoms. The summed E-state index contributed by atoms with van der Waals surface area (Å²) in [6, 6.07) is 9.89. The molecule has 1 heterocycles. The Morgan fingerprint density at radius 3 is 2.48 bits per heavy atom. The van der Waals surface area contributed by atoms with Crippen molar-refractivity contribution in [3.63, 3.8) is 0 Å². The second-order valence-electron chi connectivity index (χ2n) is 9.23. The van der Waals surface area contributed by atoms with Gasteiger partial charge in [-0.1, -0.05) is 32.0 Å². The number of hydrogen-bond donors (Lipinski definition) is 2. The van der Waals surface area contributed by atoms with E-state index in [0.717, 1.165) is 44.3 Å². The Bertz CT molecular complexity index is 1060. The van der Waals surface area contributed by atoms with Crippen LogP contribution in [0.15, 0.2) is 47.4 Å². The number of unbranched alkanes of at least 4 members (excludes halogenated alkanes) is 1. The third-order valence-electron chi connectivity index (χ3n) is 6.01. The van der Waals surface area contributed by atoms with E-state index in [2.05, 4.69) is 28.8 Å². The Labute approximate surface area is 196 Å². The average molecular weight is 476 g/mol. The highest BCUT2D eigenvalue weighted by atomic mass is 32.2. The van der Waals surface area contributed by atoms with Crippen LogP contribution in [0.1, 0.15) is 49.0 Å². The summed E-state index contributed by atoms with van der Waals surface area (Å²) in [6.07, 6.45) is 3.15. The maximum absolute atomic E-state index is 13.9. The maximum atomic E-state index is 13.9. The second-order valence-corrected chi connectivity index (χ2v) is 10.9. The molecule has 180 valence electrons. The van der Waals surface area contributed by atoms with Gasteiger partial charge in [0.2, 0.25) is 0 Å². The van der Waals surface area contributed by atoms with Crippen molar-refractivity contribution in [2.45, 2.75) is 44.9 Å². The van der Waals surface area contributed by atoms with Crippen LogP contribution in [-0.4, -0.2) is 45.4 Å². The van der Waals surface area contributed by atoms with Crippen molar-refractivity contribution in [2.24, 2.45) is 11.8 Å². The molecule has 0 saturated carbocycles. The first kappa shape index (κ1) is 25.2. The van der Waals surface area contributed by atoms with Crippen molar-refractivity contribution in [3.8, 4) is 0 Å². The van der Waals surface area contributed by atoms with Crippen LogP contribution in [0.4, 0.5) is 10.1 Å². The lowest BCUT2D eigenvalue weighted by molar-refractivity contribution is 0.0950. The van der Waals surface area contributed by atoms with Crippen molar-refractivity contribution in [2.75, 3.05) is 30.9 Å². The van der Waals surface area contributed by atoms with Gasteiger partial charge in [-0.3, -0.25) is 9.52 Å². The van der Waals surface area contributed by atoms with Gasteiger partial charge in [0.05, 0.1) is 10.6 Å². The predicted octanol–water partition coefficient (Wildman–Crippen LogP) is 4.42. The van der Waals surface area contributed by atoms with Crippen molar-refractivity contribution in [1.29, 1.82) is 0 Å². The summed E-state index contributed by atoms with van der Waals surface area (Å²) in [5.41, 5.74) is 0.834. The molecule has 2 atom stereocenters. The number of sulfonamides is 1. The molecule has 1 fully saturated rings. The number of aryl methyl sites for hydroxylation is 1. The molecule has 2 N–H and O–H groups in total. The van der Waals surface area contributed by atoms with Crippen molar-refractivity contribution in [1.82, 2.24) is 10.2 Å². The van der Waals surface area contributed by atoms with Crippen molar-refractivity contribution >= 4 is 21.6 Å². The molecule has 8 heteroatoms. The molecule has 2 aromatic rings. The van der Waals surface area contributed by atoms with Gasteiger partial charge >= 0.3 is 0 Å². The molecule has 2 aromatic carbocycles. The smallest absolute Gasteiger partial charge is 0.262 e. The van der Waals surface area contributed by atoms with Gasteiger partial charge in [0.25, 0.3) is 15.9 Å².